The summed E-state index contributed by atoms with van der Waals surface area (Å²) in [5.74, 6) is 3.46. The number of rotatable bonds is 3. The summed E-state index contributed by atoms with van der Waals surface area (Å²) in [5, 5.41) is 33.0. The van der Waals surface area contributed by atoms with E-state index in [0.29, 0.717) is 0 Å². The first-order chi connectivity index (χ1) is 13.6. The van der Waals surface area contributed by atoms with Crippen LogP contribution in [0.4, 0.5) is 13.2 Å². The number of hydrogen-bond acceptors (Lipinski definition) is 7. The topological polar surface area (TPSA) is 144 Å². The van der Waals surface area contributed by atoms with Crippen molar-refractivity contribution >= 4 is 5.91 Å². The summed E-state index contributed by atoms with van der Waals surface area (Å²) in [6.45, 7) is -0.585. The van der Waals surface area contributed by atoms with Gasteiger partial charge < -0.3 is 25.8 Å². The van der Waals surface area contributed by atoms with Gasteiger partial charge in [-0.05, 0) is 30.2 Å². The van der Waals surface area contributed by atoms with Crippen molar-refractivity contribution in [3.63, 3.8) is 0 Å². The Hall–Kier alpha value is -2.98. The van der Waals surface area contributed by atoms with Crippen LogP contribution in [-0.4, -0.2) is 60.9 Å². The van der Waals surface area contributed by atoms with Crippen LogP contribution in [0, 0.1) is 11.8 Å². The second kappa shape index (κ2) is 7.80. The molecule has 1 saturated heterocycles. The zero-order valence-electron chi connectivity index (χ0n) is 14.5. The Morgan fingerprint density at radius 1 is 1.21 bits per heavy atom. The number of carbonyl (C=O) groups excluding carboxylic acids is 1. The van der Waals surface area contributed by atoms with Gasteiger partial charge in [0.1, 0.15) is 18.3 Å². The number of amides is 1. The van der Waals surface area contributed by atoms with Gasteiger partial charge in [0.15, 0.2) is 6.23 Å². The number of aromatic nitrogens is 3. The minimum Gasteiger partial charge on any atom is -0.394 e. The number of carbonyl (C=O) groups is 1. The van der Waals surface area contributed by atoms with Gasteiger partial charge in [0, 0.05) is 5.56 Å². The number of primary amides is 1. The van der Waals surface area contributed by atoms with Crippen molar-refractivity contribution in [1.29, 1.82) is 0 Å². The minimum absolute atomic E-state index is 0.187. The van der Waals surface area contributed by atoms with Gasteiger partial charge in [-0.1, -0.05) is 5.92 Å². The van der Waals surface area contributed by atoms with Crippen molar-refractivity contribution in [1.82, 2.24) is 14.8 Å². The second-order valence-corrected chi connectivity index (χ2v) is 6.12. The Bertz CT molecular complexity index is 964. The maximum absolute atomic E-state index is 12.6. The van der Waals surface area contributed by atoms with E-state index in [1.54, 1.807) is 0 Å². The Kier molecular flexibility index (Phi) is 5.58. The number of nitrogens with zero attached hydrogens (tertiary/aromatic N) is 3. The summed E-state index contributed by atoms with van der Waals surface area (Å²) in [6, 6.07) is 4.02. The van der Waals surface area contributed by atoms with Crippen molar-refractivity contribution in [2.75, 3.05) is 6.61 Å². The first-order valence-electron chi connectivity index (χ1n) is 8.20. The van der Waals surface area contributed by atoms with Crippen molar-refractivity contribution in [3.8, 4) is 11.8 Å². The van der Waals surface area contributed by atoms with Gasteiger partial charge in [-0.2, -0.15) is 18.2 Å². The fraction of sp³-hybridized carbons (Fsp3) is 0.353. The number of alkyl halides is 3. The van der Waals surface area contributed by atoms with E-state index in [2.05, 4.69) is 21.9 Å². The lowest BCUT2D eigenvalue weighted by atomic mass is 10.1. The Morgan fingerprint density at radius 3 is 2.38 bits per heavy atom. The summed E-state index contributed by atoms with van der Waals surface area (Å²) in [5.41, 5.74) is 4.53. The van der Waals surface area contributed by atoms with Gasteiger partial charge in [-0.15, -0.1) is 5.10 Å². The molecule has 1 amide bonds. The molecule has 2 unspecified atom stereocenters. The Balaban J connectivity index is 1.94. The van der Waals surface area contributed by atoms with Crippen molar-refractivity contribution < 1.29 is 38.0 Å². The van der Waals surface area contributed by atoms with Crippen LogP contribution in [0.2, 0.25) is 0 Å². The number of aliphatic hydroxyl groups excluding tert-OH is 3. The average Bonchev–Trinajstić information content (AvgIpc) is 3.21. The average molecular weight is 412 g/mol. The van der Waals surface area contributed by atoms with Crippen LogP contribution >= 0.6 is 0 Å². The van der Waals surface area contributed by atoms with E-state index < -0.39 is 54.6 Å². The molecule has 0 radical (unpaired) electrons. The van der Waals surface area contributed by atoms with Crippen LogP contribution in [0.5, 0.6) is 0 Å². The summed E-state index contributed by atoms with van der Waals surface area (Å²) >= 11 is 0. The fourth-order valence-electron chi connectivity index (χ4n) is 2.64. The normalized spacial score (nSPS) is 24.2. The molecule has 1 fully saturated rings. The molecule has 0 bridgehead atoms. The van der Waals surface area contributed by atoms with E-state index in [4.69, 9.17) is 10.5 Å². The highest BCUT2D eigenvalue weighted by Crippen LogP contribution is 2.30. The monoisotopic (exact) mass is 412 g/mol. The number of nitrogens with two attached hydrogens (primary N) is 1. The third kappa shape index (κ3) is 4.22. The first kappa shape index (κ1) is 20.7. The van der Waals surface area contributed by atoms with Gasteiger partial charge in [-0.3, -0.25) is 4.79 Å². The van der Waals surface area contributed by atoms with Crippen LogP contribution in [0.25, 0.3) is 0 Å². The lowest BCUT2D eigenvalue weighted by Crippen LogP contribution is -2.33. The number of aliphatic hydroxyl groups is 3. The largest absolute Gasteiger partial charge is 0.416 e. The quantitative estimate of drug-likeness (QED) is 0.493. The van der Waals surface area contributed by atoms with E-state index in [0.717, 1.165) is 28.9 Å². The zero-order valence-corrected chi connectivity index (χ0v) is 14.5. The van der Waals surface area contributed by atoms with E-state index in [-0.39, 0.29) is 11.4 Å². The third-order valence-electron chi connectivity index (χ3n) is 4.14. The SMILES string of the molecule is NC(=O)c1nc(C#Cc2ccc(C(F)(F)F)cc2)n(C2OC(CO)[C@H](O)[C@@H]2O)n1. The highest BCUT2D eigenvalue weighted by molar-refractivity contribution is 5.88. The minimum atomic E-state index is -4.48. The van der Waals surface area contributed by atoms with E-state index in [1.807, 2.05) is 0 Å². The zero-order chi connectivity index (χ0) is 21.3. The van der Waals surface area contributed by atoms with Gasteiger partial charge in [0.2, 0.25) is 11.6 Å². The Labute approximate surface area is 161 Å². The molecular weight excluding hydrogens is 397 g/mol. The van der Waals surface area contributed by atoms with E-state index >= 15 is 0 Å². The molecule has 0 spiro atoms. The first-order valence-corrected chi connectivity index (χ1v) is 8.20. The van der Waals surface area contributed by atoms with Gasteiger partial charge in [0.05, 0.1) is 12.2 Å². The molecule has 4 atom stereocenters. The number of hydrogen-bond donors (Lipinski definition) is 4. The summed E-state index contributed by atoms with van der Waals surface area (Å²) < 4.78 is 44.1. The molecule has 3 rings (SSSR count). The van der Waals surface area contributed by atoms with E-state index in [9.17, 15) is 33.3 Å². The molecule has 29 heavy (non-hydrogen) atoms. The van der Waals surface area contributed by atoms with Gasteiger partial charge >= 0.3 is 6.18 Å². The summed E-state index contributed by atoms with van der Waals surface area (Å²) in [7, 11) is 0. The van der Waals surface area contributed by atoms with Crippen LogP contribution in [0.3, 0.4) is 0 Å². The predicted octanol–water partition coefficient (Wildman–Crippen LogP) is -0.593. The number of halogens is 3. The number of ether oxygens (including phenoxy) is 1. The molecule has 9 nitrogen and oxygen atoms in total. The smallest absolute Gasteiger partial charge is 0.394 e. The third-order valence-corrected chi connectivity index (χ3v) is 4.14. The molecule has 1 aromatic heterocycles. The molecule has 154 valence electrons. The van der Waals surface area contributed by atoms with Crippen LogP contribution in [0.15, 0.2) is 24.3 Å². The summed E-state index contributed by atoms with van der Waals surface area (Å²) in [6.07, 6.45) is -9.85. The Morgan fingerprint density at radius 2 is 1.86 bits per heavy atom. The van der Waals surface area contributed by atoms with Crippen molar-refractivity contribution in [2.45, 2.75) is 30.7 Å². The standard InChI is InChI=1S/C17H15F3N4O5/c18-17(19,20)9-4-1-8(2-5-9)3-6-11-22-15(14(21)28)23-24(11)16-13(27)12(26)10(7-25)29-16/h1-2,4-5,10,12-13,16,25-27H,7H2,(H2,21,28)/t10?,12-,13-,16?/m0/s1. The van der Waals surface area contributed by atoms with E-state index in [1.165, 1.54) is 0 Å². The summed E-state index contributed by atoms with van der Waals surface area (Å²) in [4.78, 5) is 15.2. The number of benzene rings is 1. The molecule has 0 saturated carbocycles. The van der Waals surface area contributed by atoms with Gasteiger partial charge in [-0.25, -0.2) is 4.68 Å². The van der Waals surface area contributed by atoms with Gasteiger partial charge in [0.25, 0.3) is 5.91 Å². The van der Waals surface area contributed by atoms with Crippen molar-refractivity contribution in [2.24, 2.45) is 5.73 Å². The predicted molar refractivity (Wildman–Crippen MR) is 89.0 cm³/mol. The maximum atomic E-state index is 12.6. The lowest BCUT2D eigenvalue weighted by molar-refractivity contribution is -0.137. The molecule has 1 aliphatic heterocycles. The van der Waals surface area contributed by atoms with Crippen LogP contribution in [-0.2, 0) is 10.9 Å². The second-order valence-electron chi connectivity index (χ2n) is 6.12. The van der Waals surface area contributed by atoms with Crippen molar-refractivity contribution in [3.05, 3.63) is 47.0 Å². The van der Waals surface area contributed by atoms with Crippen LogP contribution in [0.1, 0.15) is 33.8 Å². The highest BCUT2D eigenvalue weighted by Gasteiger charge is 2.45. The molecule has 2 heterocycles. The lowest BCUT2D eigenvalue weighted by Gasteiger charge is -2.15. The van der Waals surface area contributed by atoms with Crippen LogP contribution < -0.4 is 5.73 Å². The molecule has 5 N–H and O–H groups in total. The molecule has 2 aromatic rings. The maximum Gasteiger partial charge on any atom is 0.416 e. The molecule has 12 heteroatoms. The molecule has 1 aromatic carbocycles. The highest BCUT2D eigenvalue weighted by atomic mass is 19.4. The molecule has 1 aliphatic rings. The molecular formula is C17H15F3N4O5. The molecule has 0 aliphatic carbocycles. The fourth-order valence-corrected chi connectivity index (χ4v) is 2.64.